The zero-order chi connectivity index (χ0) is 14.1. The number of aliphatic hydroxyl groups is 1. The van der Waals surface area contributed by atoms with E-state index in [-0.39, 0.29) is 12.0 Å². The Morgan fingerprint density at radius 1 is 1.25 bits per heavy atom. The Kier molecular flexibility index (Phi) is 3.49. The molecule has 104 valence electrons. The summed E-state index contributed by atoms with van der Waals surface area (Å²) < 4.78 is 5.39. The lowest BCUT2D eigenvalue weighted by Gasteiger charge is -2.34. The van der Waals surface area contributed by atoms with Gasteiger partial charge < -0.3 is 9.84 Å². The number of ether oxygens (including phenoxy) is 1. The summed E-state index contributed by atoms with van der Waals surface area (Å²) in [5, 5.41) is 10.5. The van der Waals surface area contributed by atoms with Crippen molar-refractivity contribution in [2.24, 2.45) is 0 Å². The second kappa shape index (κ2) is 5.29. The van der Waals surface area contributed by atoms with Gasteiger partial charge in [0.2, 0.25) is 0 Å². The summed E-state index contributed by atoms with van der Waals surface area (Å²) in [5.41, 5.74) is 4.95. The van der Waals surface area contributed by atoms with Crippen LogP contribution in [-0.2, 0) is 12.8 Å². The predicted octanol–water partition coefficient (Wildman–Crippen LogP) is 3.25. The van der Waals surface area contributed by atoms with Gasteiger partial charge in [-0.15, -0.1) is 0 Å². The molecule has 0 saturated heterocycles. The van der Waals surface area contributed by atoms with Crippen molar-refractivity contribution >= 4 is 0 Å². The molecule has 0 aliphatic heterocycles. The van der Waals surface area contributed by atoms with Crippen LogP contribution in [0.1, 0.15) is 28.2 Å². The number of methoxy groups -OCH3 is 1. The van der Waals surface area contributed by atoms with E-state index in [1.165, 1.54) is 16.7 Å². The Bertz CT molecular complexity index is 619. The molecule has 2 heteroatoms. The van der Waals surface area contributed by atoms with Crippen molar-refractivity contribution in [2.45, 2.75) is 31.8 Å². The van der Waals surface area contributed by atoms with E-state index in [0.29, 0.717) is 6.42 Å². The molecule has 0 spiro atoms. The second-order valence-corrected chi connectivity index (χ2v) is 5.60. The van der Waals surface area contributed by atoms with E-state index in [9.17, 15) is 5.11 Å². The van der Waals surface area contributed by atoms with Gasteiger partial charge in [-0.25, -0.2) is 0 Å². The van der Waals surface area contributed by atoms with Gasteiger partial charge in [-0.3, -0.25) is 0 Å². The van der Waals surface area contributed by atoms with Gasteiger partial charge in [-0.1, -0.05) is 42.0 Å². The lowest BCUT2D eigenvalue weighted by atomic mass is 9.73. The fraction of sp³-hybridized carbons (Fsp3) is 0.333. The van der Waals surface area contributed by atoms with E-state index in [1.807, 2.05) is 18.2 Å². The van der Waals surface area contributed by atoms with Crippen LogP contribution in [0, 0.1) is 6.92 Å². The molecule has 1 N–H and O–H groups in total. The van der Waals surface area contributed by atoms with E-state index in [2.05, 4.69) is 31.2 Å². The molecule has 2 atom stereocenters. The zero-order valence-corrected chi connectivity index (χ0v) is 12.0. The molecule has 0 saturated carbocycles. The summed E-state index contributed by atoms with van der Waals surface area (Å²) in [6, 6.07) is 14.5. The van der Waals surface area contributed by atoms with Crippen molar-refractivity contribution in [3.05, 3.63) is 64.7 Å². The third-order valence-corrected chi connectivity index (χ3v) is 4.22. The Balaban J connectivity index is 1.78. The summed E-state index contributed by atoms with van der Waals surface area (Å²) in [4.78, 5) is 0. The van der Waals surface area contributed by atoms with Crippen molar-refractivity contribution in [3.63, 3.8) is 0 Å². The normalized spacial score (nSPS) is 18.1. The maximum Gasteiger partial charge on any atom is 0.122 e. The molecule has 2 nitrogen and oxygen atoms in total. The van der Waals surface area contributed by atoms with Gasteiger partial charge >= 0.3 is 0 Å². The van der Waals surface area contributed by atoms with Crippen LogP contribution in [0.4, 0.5) is 0 Å². The van der Waals surface area contributed by atoms with E-state index in [1.54, 1.807) is 7.11 Å². The third kappa shape index (κ3) is 2.32. The highest BCUT2D eigenvalue weighted by Crippen LogP contribution is 2.38. The van der Waals surface area contributed by atoms with Gasteiger partial charge in [0, 0.05) is 12.3 Å². The Hall–Kier alpha value is -1.80. The molecule has 1 aliphatic rings. The molecular weight excluding hydrogens is 248 g/mol. The number of rotatable bonds is 4. The maximum absolute atomic E-state index is 10.5. The van der Waals surface area contributed by atoms with E-state index < -0.39 is 0 Å². The molecule has 0 heterocycles. The average molecular weight is 268 g/mol. The topological polar surface area (TPSA) is 29.5 Å². The van der Waals surface area contributed by atoms with Crippen LogP contribution in [-0.4, -0.2) is 18.3 Å². The molecule has 0 amide bonds. The number of benzene rings is 2. The first-order chi connectivity index (χ1) is 9.69. The van der Waals surface area contributed by atoms with Crippen molar-refractivity contribution in [3.8, 4) is 5.75 Å². The van der Waals surface area contributed by atoms with Crippen LogP contribution >= 0.6 is 0 Å². The monoisotopic (exact) mass is 268 g/mol. The Morgan fingerprint density at radius 3 is 2.80 bits per heavy atom. The fourth-order valence-electron chi connectivity index (χ4n) is 3.08. The lowest BCUT2D eigenvalue weighted by molar-refractivity contribution is 0.132. The van der Waals surface area contributed by atoms with Crippen molar-refractivity contribution in [1.29, 1.82) is 0 Å². The van der Waals surface area contributed by atoms with Crippen molar-refractivity contribution in [2.75, 3.05) is 7.11 Å². The third-order valence-electron chi connectivity index (χ3n) is 4.22. The summed E-state index contributed by atoms with van der Waals surface area (Å²) >= 11 is 0. The number of aryl methyl sites for hydroxylation is 1. The highest BCUT2D eigenvalue weighted by Gasteiger charge is 2.31. The molecule has 0 radical (unpaired) electrons. The van der Waals surface area contributed by atoms with Crippen LogP contribution in [0.2, 0.25) is 0 Å². The minimum atomic E-state index is -0.347. The minimum absolute atomic E-state index is 0.261. The lowest BCUT2D eigenvalue weighted by Crippen LogP contribution is -2.30. The maximum atomic E-state index is 10.5. The van der Waals surface area contributed by atoms with E-state index in [0.717, 1.165) is 17.7 Å². The molecule has 0 aromatic heterocycles. The molecule has 20 heavy (non-hydrogen) atoms. The molecule has 2 aromatic rings. The number of aliphatic hydroxyl groups excluding tert-OH is 1. The van der Waals surface area contributed by atoms with E-state index in [4.69, 9.17) is 4.74 Å². The van der Waals surface area contributed by atoms with Crippen LogP contribution in [0.3, 0.4) is 0 Å². The average Bonchev–Trinajstić information content (AvgIpc) is 2.40. The van der Waals surface area contributed by atoms with Gasteiger partial charge in [0.25, 0.3) is 0 Å². The van der Waals surface area contributed by atoms with Crippen LogP contribution < -0.4 is 4.74 Å². The molecule has 3 rings (SSSR count). The number of hydrogen-bond acceptors (Lipinski definition) is 2. The SMILES string of the molecule is COc1ccc(C)cc1CC(O)C1Cc2ccccc21. The van der Waals surface area contributed by atoms with Gasteiger partial charge in [0.1, 0.15) is 5.75 Å². The van der Waals surface area contributed by atoms with Crippen molar-refractivity contribution < 1.29 is 9.84 Å². The zero-order valence-electron chi connectivity index (χ0n) is 12.0. The Labute approximate surface area is 120 Å². The highest BCUT2D eigenvalue weighted by atomic mass is 16.5. The first-order valence-electron chi connectivity index (χ1n) is 7.08. The highest BCUT2D eigenvalue weighted by molar-refractivity contribution is 5.42. The van der Waals surface area contributed by atoms with Crippen LogP contribution in [0.15, 0.2) is 42.5 Å². The molecule has 0 bridgehead atoms. The minimum Gasteiger partial charge on any atom is -0.496 e. The first kappa shape index (κ1) is 13.2. The molecule has 2 aromatic carbocycles. The smallest absolute Gasteiger partial charge is 0.122 e. The molecule has 2 unspecified atom stereocenters. The first-order valence-corrected chi connectivity index (χ1v) is 7.08. The fourth-order valence-corrected chi connectivity index (χ4v) is 3.08. The summed E-state index contributed by atoms with van der Waals surface area (Å²) in [6.45, 7) is 2.06. The summed E-state index contributed by atoms with van der Waals surface area (Å²) in [7, 11) is 1.68. The Morgan fingerprint density at radius 2 is 2.05 bits per heavy atom. The van der Waals surface area contributed by atoms with Crippen LogP contribution in [0.5, 0.6) is 5.75 Å². The second-order valence-electron chi connectivity index (χ2n) is 5.60. The largest absolute Gasteiger partial charge is 0.496 e. The molecule has 1 aliphatic carbocycles. The van der Waals surface area contributed by atoms with Gasteiger partial charge in [0.15, 0.2) is 0 Å². The van der Waals surface area contributed by atoms with Crippen LogP contribution in [0.25, 0.3) is 0 Å². The van der Waals surface area contributed by atoms with Gasteiger partial charge in [0.05, 0.1) is 13.2 Å². The summed E-state index contributed by atoms with van der Waals surface area (Å²) in [5.74, 6) is 1.12. The predicted molar refractivity (Wildman–Crippen MR) is 80.3 cm³/mol. The van der Waals surface area contributed by atoms with Gasteiger partial charge in [-0.2, -0.15) is 0 Å². The number of hydrogen-bond donors (Lipinski definition) is 1. The molecular formula is C18H20O2. The van der Waals surface area contributed by atoms with Crippen molar-refractivity contribution in [1.82, 2.24) is 0 Å². The quantitative estimate of drug-likeness (QED) is 0.922. The summed E-state index contributed by atoms with van der Waals surface area (Å²) in [6.07, 6.45) is 1.27. The molecule has 0 fully saturated rings. The standard InChI is InChI=1S/C18H20O2/c1-12-7-8-18(20-2)14(9-12)11-17(19)16-10-13-5-3-4-6-15(13)16/h3-9,16-17,19H,10-11H2,1-2H3. The van der Waals surface area contributed by atoms with Gasteiger partial charge in [-0.05, 0) is 36.1 Å². The number of fused-ring (bicyclic) bond motifs is 1. The van der Waals surface area contributed by atoms with E-state index >= 15 is 0 Å².